The fraction of sp³-hybridized carbons (Fsp3) is 0.300. The minimum atomic E-state index is -3.70. The molecule has 1 aromatic heterocycles. The maximum atomic E-state index is 14.0. The van der Waals surface area contributed by atoms with Crippen LogP contribution < -0.4 is 4.72 Å². The first-order chi connectivity index (χ1) is 14.8. The molecular formula is C20H20F3N5O2S. The predicted molar refractivity (Wildman–Crippen MR) is 106 cm³/mol. The van der Waals surface area contributed by atoms with Crippen molar-refractivity contribution in [3.8, 4) is 0 Å². The number of halogens is 3. The summed E-state index contributed by atoms with van der Waals surface area (Å²) in [6.07, 6.45) is 0.455. The molecule has 1 N–H and O–H groups in total. The van der Waals surface area contributed by atoms with E-state index in [4.69, 9.17) is 0 Å². The van der Waals surface area contributed by atoms with Gasteiger partial charge in [-0.25, -0.2) is 26.3 Å². The molecule has 7 nitrogen and oxygen atoms in total. The van der Waals surface area contributed by atoms with Crippen LogP contribution >= 0.6 is 0 Å². The number of nitrogens with zero attached hydrogens (tertiary/aromatic N) is 4. The molecular weight excluding hydrogens is 431 g/mol. The molecule has 0 atom stereocenters. The van der Waals surface area contributed by atoms with Gasteiger partial charge in [0.1, 0.15) is 17.5 Å². The van der Waals surface area contributed by atoms with E-state index in [1.54, 1.807) is 27.7 Å². The molecule has 11 heteroatoms. The molecule has 0 spiro atoms. The van der Waals surface area contributed by atoms with Crippen molar-refractivity contribution in [3.05, 3.63) is 77.1 Å². The van der Waals surface area contributed by atoms with Crippen molar-refractivity contribution in [1.29, 1.82) is 0 Å². The molecule has 0 bridgehead atoms. The Morgan fingerprint density at radius 3 is 2.45 bits per heavy atom. The van der Waals surface area contributed by atoms with E-state index in [2.05, 4.69) is 14.9 Å². The van der Waals surface area contributed by atoms with Crippen LogP contribution in [0.3, 0.4) is 0 Å². The summed E-state index contributed by atoms with van der Waals surface area (Å²) < 4.78 is 70.6. The quantitative estimate of drug-likeness (QED) is 0.582. The lowest BCUT2D eigenvalue weighted by Crippen LogP contribution is -2.28. The van der Waals surface area contributed by atoms with E-state index in [-0.39, 0.29) is 23.5 Å². The second-order valence-corrected chi connectivity index (χ2v) is 8.94. The molecule has 31 heavy (non-hydrogen) atoms. The van der Waals surface area contributed by atoms with Gasteiger partial charge in [0.05, 0.1) is 11.4 Å². The minimum absolute atomic E-state index is 0.0443. The van der Waals surface area contributed by atoms with Crippen molar-refractivity contribution in [1.82, 2.24) is 24.4 Å². The largest absolute Gasteiger partial charge is 0.313 e. The van der Waals surface area contributed by atoms with E-state index in [1.807, 2.05) is 0 Å². The highest BCUT2D eigenvalue weighted by Crippen LogP contribution is 2.19. The number of fused-ring (bicyclic) bond motifs is 1. The van der Waals surface area contributed by atoms with Crippen LogP contribution in [0.4, 0.5) is 13.2 Å². The van der Waals surface area contributed by atoms with Crippen LogP contribution in [-0.4, -0.2) is 41.2 Å². The summed E-state index contributed by atoms with van der Waals surface area (Å²) >= 11 is 0. The van der Waals surface area contributed by atoms with Gasteiger partial charge in [0.25, 0.3) is 0 Å². The van der Waals surface area contributed by atoms with Gasteiger partial charge in [0.2, 0.25) is 10.0 Å². The second-order valence-electron chi connectivity index (χ2n) is 7.17. The number of hydrogen-bond donors (Lipinski definition) is 1. The Morgan fingerprint density at radius 1 is 0.935 bits per heavy atom. The van der Waals surface area contributed by atoms with Crippen LogP contribution in [0.25, 0.3) is 0 Å². The zero-order chi connectivity index (χ0) is 22.0. The summed E-state index contributed by atoms with van der Waals surface area (Å²) in [5.41, 5.74) is -0.312. The lowest BCUT2D eigenvalue weighted by atomic mass is 10.1. The zero-order valence-electron chi connectivity index (χ0n) is 16.4. The Labute approximate surface area is 177 Å². The van der Waals surface area contributed by atoms with Gasteiger partial charge in [-0.15, -0.1) is 10.2 Å². The summed E-state index contributed by atoms with van der Waals surface area (Å²) in [7, 11) is -3.70. The van der Waals surface area contributed by atoms with Crippen molar-refractivity contribution in [3.63, 3.8) is 0 Å². The maximum absolute atomic E-state index is 14.0. The topological polar surface area (TPSA) is 80.1 Å². The maximum Gasteiger partial charge on any atom is 0.240 e. The average molecular weight is 451 g/mol. The smallest absolute Gasteiger partial charge is 0.240 e. The number of sulfonamides is 1. The molecule has 0 amide bonds. The number of aromatic nitrogens is 3. The fourth-order valence-electron chi connectivity index (χ4n) is 3.50. The first-order valence-electron chi connectivity index (χ1n) is 9.65. The van der Waals surface area contributed by atoms with E-state index in [1.165, 1.54) is 12.1 Å². The highest BCUT2D eigenvalue weighted by molar-refractivity contribution is 7.89. The molecule has 0 radical (unpaired) electrons. The Morgan fingerprint density at radius 2 is 1.68 bits per heavy atom. The molecule has 164 valence electrons. The lowest BCUT2D eigenvalue weighted by Gasteiger charge is -2.20. The summed E-state index contributed by atoms with van der Waals surface area (Å²) in [5, 5.41) is 8.21. The lowest BCUT2D eigenvalue weighted by molar-refractivity contribution is 0.260. The Hall–Kier alpha value is -2.76. The molecule has 0 aliphatic carbocycles. The van der Waals surface area contributed by atoms with Gasteiger partial charge in [0, 0.05) is 38.2 Å². The van der Waals surface area contributed by atoms with Gasteiger partial charge in [-0.3, -0.25) is 4.90 Å². The fourth-order valence-corrected chi connectivity index (χ4v) is 4.50. The average Bonchev–Trinajstić information content (AvgIpc) is 3.05. The van der Waals surface area contributed by atoms with Gasteiger partial charge in [-0.2, -0.15) is 0 Å². The Balaban J connectivity index is 1.44. The summed E-state index contributed by atoms with van der Waals surface area (Å²) in [6.45, 7) is 1.15. The minimum Gasteiger partial charge on any atom is -0.313 e. The molecule has 4 rings (SSSR count). The highest BCUT2D eigenvalue weighted by Gasteiger charge is 2.23. The number of nitrogens with one attached hydrogen (secondary N) is 1. The summed E-state index contributed by atoms with van der Waals surface area (Å²) in [4.78, 5) is 1.95. The van der Waals surface area contributed by atoms with Crippen LogP contribution in [0.15, 0.2) is 47.4 Å². The molecule has 1 aliphatic heterocycles. The molecule has 2 heterocycles. The van der Waals surface area contributed by atoms with Crippen molar-refractivity contribution in [2.24, 2.45) is 0 Å². The summed E-state index contributed by atoms with van der Waals surface area (Å²) in [5.74, 6) is -1.97. The van der Waals surface area contributed by atoms with Gasteiger partial charge < -0.3 is 4.57 Å². The van der Waals surface area contributed by atoms with Crippen molar-refractivity contribution >= 4 is 10.0 Å². The van der Waals surface area contributed by atoms with Crippen molar-refractivity contribution < 1.29 is 21.6 Å². The monoisotopic (exact) mass is 451 g/mol. The van der Waals surface area contributed by atoms with Crippen LogP contribution in [0.2, 0.25) is 0 Å². The van der Waals surface area contributed by atoms with Crippen molar-refractivity contribution in [2.45, 2.75) is 31.0 Å². The Bertz CT molecular complexity index is 1190. The van der Waals surface area contributed by atoms with E-state index >= 15 is 0 Å². The third kappa shape index (κ3) is 4.63. The van der Waals surface area contributed by atoms with Crippen LogP contribution in [0.5, 0.6) is 0 Å². The SMILES string of the molecule is O=S(=O)(NCc1nnc2n1CCN(Cc1c(F)ccc(F)c1F)CC2)c1ccccc1. The first-order valence-corrected chi connectivity index (χ1v) is 11.1. The van der Waals surface area contributed by atoms with Crippen LogP contribution in [0.1, 0.15) is 17.2 Å². The standard InChI is InChI=1S/C20H20F3N5O2S/c21-16-6-7-17(22)20(23)15(16)13-27-9-8-18-25-26-19(28(18)11-10-27)12-24-31(29,30)14-4-2-1-3-5-14/h1-7,24H,8-13H2. The third-order valence-corrected chi connectivity index (χ3v) is 6.61. The second kappa shape index (κ2) is 8.77. The van der Waals surface area contributed by atoms with E-state index < -0.39 is 27.5 Å². The number of benzene rings is 2. The first kappa shape index (κ1) is 21.5. The van der Waals surface area contributed by atoms with E-state index in [0.717, 1.165) is 12.1 Å². The third-order valence-electron chi connectivity index (χ3n) is 5.19. The molecule has 3 aromatic rings. The molecule has 0 unspecified atom stereocenters. The van der Waals surface area contributed by atoms with Gasteiger partial charge in [-0.05, 0) is 24.3 Å². The van der Waals surface area contributed by atoms with Gasteiger partial charge in [0.15, 0.2) is 11.6 Å². The number of hydrogen-bond acceptors (Lipinski definition) is 5. The molecule has 0 saturated heterocycles. The molecule has 2 aromatic carbocycles. The van der Waals surface area contributed by atoms with Crippen molar-refractivity contribution in [2.75, 3.05) is 13.1 Å². The Kier molecular flexibility index (Phi) is 6.08. The van der Waals surface area contributed by atoms with Crippen LogP contribution in [0, 0.1) is 17.5 Å². The van der Waals surface area contributed by atoms with E-state index in [0.29, 0.717) is 37.7 Å². The normalized spacial score (nSPS) is 14.9. The molecule has 0 fully saturated rings. The van der Waals surface area contributed by atoms with E-state index in [9.17, 15) is 21.6 Å². The summed E-state index contributed by atoms with van der Waals surface area (Å²) in [6, 6.07) is 9.67. The van der Waals surface area contributed by atoms with Gasteiger partial charge >= 0.3 is 0 Å². The zero-order valence-corrected chi connectivity index (χ0v) is 17.2. The molecule has 0 saturated carbocycles. The van der Waals surface area contributed by atoms with Gasteiger partial charge in [-0.1, -0.05) is 18.2 Å². The number of rotatable bonds is 6. The van der Waals surface area contributed by atoms with Crippen LogP contribution in [-0.2, 0) is 36.1 Å². The molecule has 1 aliphatic rings. The highest BCUT2D eigenvalue weighted by atomic mass is 32.2. The predicted octanol–water partition coefficient (Wildman–Crippen LogP) is 2.23.